The van der Waals surface area contributed by atoms with Gasteiger partial charge < -0.3 is 20.4 Å². The fraction of sp³-hybridized carbons (Fsp3) is 0.667. The summed E-state index contributed by atoms with van der Waals surface area (Å²) in [5.41, 5.74) is 1.23. The predicted molar refractivity (Wildman–Crippen MR) is 85.1 cm³/mol. The maximum absolute atomic E-state index is 10.1. The van der Waals surface area contributed by atoms with Crippen LogP contribution < -0.4 is 0 Å². The monoisotopic (exact) mass is 308 g/mol. The van der Waals surface area contributed by atoms with E-state index < -0.39 is 6.29 Å². The molecule has 4 heteroatoms. The highest BCUT2D eigenvalue weighted by molar-refractivity contribution is 5.14. The van der Waals surface area contributed by atoms with Crippen molar-refractivity contribution in [1.82, 2.24) is 0 Å². The van der Waals surface area contributed by atoms with Crippen molar-refractivity contribution in [2.24, 2.45) is 11.8 Å². The second-order valence-electron chi connectivity index (χ2n) is 6.54. The maximum Gasteiger partial charge on any atom is 0.151 e. The molecule has 124 valence electrons. The first-order valence-electron chi connectivity index (χ1n) is 8.32. The lowest BCUT2D eigenvalue weighted by atomic mass is 9.86. The quantitative estimate of drug-likeness (QED) is 0.553. The summed E-state index contributed by atoms with van der Waals surface area (Å²) >= 11 is 0. The van der Waals surface area contributed by atoms with Crippen molar-refractivity contribution in [3.8, 4) is 0 Å². The molecule has 0 aromatic heterocycles. The number of benzene rings is 1. The molecule has 4 atom stereocenters. The number of aliphatic hydroxyl groups is 4. The molecule has 1 fully saturated rings. The van der Waals surface area contributed by atoms with Gasteiger partial charge in [-0.2, -0.15) is 0 Å². The molecule has 0 saturated heterocycles. The van der Waals surface area contributed by atoms with Gasteiger partial charge in [-0.25, -0.2) is 0 Å². The molecule has 0 aliphatic heterocycles. The summed E-state index contributed by atoms with van der Waals surface area (Å²) < 4.78 is 0. The van der Waals surface area contributed by atoms with E-state index in [1.54, 1.807) is 0 Å². The van der Waals surface area contributed by atoms with E-state index >= 15 is 0 Å². The molecular weight excluding hydrogens is 280 g/mol. The topological polar surface area (TPSA) is 80.9 Å². The molecule has 1 aliphatic carbocycles. The Balaban J connectivity index is 1.73. The molecule has 4 N–H and O–H groups in total. The van der Waals surface area contributed by atoms with E-state index in [1.807, 2.05) is 18.2 Å². The average Bonchev–Trinajstić information content (AvgIpc) is 2.83. The zero-order valence-corrected chi connectivity index (χ0v) is 13.0. The Kier molecular flexibility index (Phi) is 6.83. The molecule has 0 spiro atoms. The second-order valence-corrected chi connectivity index (χ2v) is 6.54. The molecular formula is C18H28O4. The Morgan fingerprint density at radius 1 is 1.00 bits per heavy atom. The van der Waals surface area contributed by atoms with Gasteiger partial charge >= 0.3 is 0 Å². The first-order valence-corrected chi connectivity index (χ1v) is 8.32. The lowest BCUT2D eigenvalue weighted by molar-refractivity contribution is -0.0624. The number of hydrogen-bond donors (Lipinski definition) is 4. The normalized spacial score (nSPS) is 26.5. The van der Waals surface area contributed by atoms with E-state index in [9.17, 15) is 10.2 Å². The summed E-state index contributed by atoms with van der Waals surface area (Å²) in [6.07, 6.45) is 2.82. The molecule has 1 aliphatic rings. The maximum atomic E-state index is 10.1. The molecule has 1 saturated carbocycles. The SMILES string of the molecule is OC(O)C[C@H]1CC[C@@H](O)[C@@H]1CC[C@@H](O)CCc1ccccc1. The van der Waals surface area contributed by atoms with Crippen molar-refractivity contribution >= 4 is 0 Å². The summed E-state index contributed by atoms with van der Waals surface area (Å²) in [7, 11) is 0. The standard InChI is InChI=1S/C18H28O4/c19-15(8-6-13-4-2-1-3-5-13)9-10-16-14(12-18(21)22)7-11-17(16)20/h1-5,14-22H,6-12H2/t14-,15+,16-,17-/m1/s1. The van der Waals surface area contributed by atoms with Crippen LogP contribution in [0.5, 0.6) is 0 Å². The molecule has 0 radical (unpaired) electrons. The van der Waals surface area contributed by atoms with Gasteiger partial charge in [0, 0.05) is 6.42 Å². The largest absolute Gasteiger partial charge is 0.393 e. The van der Waals surface area contributed by atoms with Crippen LogP contribution in [0, 0.1) is 11.8 Å². The third kappa shape index (κ3) is 5.36. The van der Waals surface area contributed by atoms with Crippen molar-refractivity contribution in [1.29, 1.82) is 0 Å². The van der Waals surface area contributed by atoms with Crippen LogP contribution in [0.15, 0.2) is 30.3 Å². The minimum absolute atomic E-state index is 0.0770. The van der Waals surface area contributed by atoms with Gasteiger partial charge in [0.15, 0.2) is 6.29 Å². The van der Waals surface area contributed by atoms with E-state index in [4.69, 9.17) is 10.2 Å². The third-order valence-corrected chi connectivity index (χ3v) is 4.89. The number of rotatable bonds is 8. The second kappa shape index (κ2) is 8.63. The summed E-state index contributed by atoms with van der Waals surface area (Å²) in [6.45, 7) is 0. The van der Waals surface area contributed by atoms with E-state index in [0.29, 0.717) is 12.8 Å². The highest BCUT2D eigenvalue weighted by Crippen LogP contribution is 2.38. The van der Waals surface area contributed by atoms with E-state index in [1.165, 1.54) is 5.56 Å². The van der Waals surface area contributed by atoms with Crippen LogP contribution in [0.1, 0.15) is 44.1 Å². The summed E-state index contributed by atoms with van der Waals surface area (Å²) in [5.74, 6) is 0.226. The van der Waals surface area contributed by atoms with Crippen LogP contribution >= 0.6 is 0 Å². The van der Waals surface area contributed by atoms with E-state index in [-0.39, 0.29) is 24.0 Å². The summed E-state index contributed by atoms with van der Waals surface area (Å²) in [5, 5.41) is 38.5. The molecule has 0 amide bonds. The Bertz CT molecular complexity index is 420. The van der Waals surface area contributed by atoms with Gasteiger partial charge in [0.25, 0.3) is 0 Å². The average molecular weight is 308 g/mol. The first-order chi connectivity index (χ1) is 10.6. The zero-order valence-electron chi connectivity index (χ0n) is 13.0. The highest BCUT2D eigenvalue weighted by Gasteiger charge is 2.35. The summed E-state index contributed by atoms with van der Waals surface area (Å²) in [4.78, 5) is 0. The molecule has 4 nitrogen and oxygen atoms in total. The first kappa shape index (κ1) is 17.4. The van der Waals surface area contributed by atoms with Gasteiger partial charge in [-0.05, 0) is 55.9 Å². The number of aryl methyl sites for hydroxylation is 1. The fourth-order valence-corrected chi connectivity index (χ4v) is 3.63. The molecule has 2 rings (SSSR count). The molecule has 1 aromatic rings. The van der Waals surface area contributed by atoms with Gasteiger partial charge in [-0.1, -0.05) is 30.3 Å². The Hall–Kier alpha value is -0.940. The Morgan fingerprint density at radius 3 is 2.41 bits per heavy atom. The van der Waals surface area contributed by atoms with Crippen molar-refractivity contribution in [3.63, 3.8) is 0 Å². The van der Waals surface area contributed by atoms with Crippen molar-refractivity contribution in [2.45, 2.75) is 63.4 Å². The number of hydrogen-bond acceptors (Lipinski definition) is 4. The molecule has 22 heavy (non-hydrogen) atoms. The van der Waals surface area contributed by atoms with Crippen LogP contribution in [0.2, 0.25) is 0 Å². The zero-order chi connectivity index (χ0) is 15.9. The minimum Gasteiger partial charge on any atom is -0.393 e. The van der Waals surface area contributed by atoms with E-state index in [2.05, 4.69) is 12.1 Å². The van der Waals surface area contributed by atoms with Gasteiger partial charge in [0.05, 0.1) is 12.2 Å². The van der Waals surface area contributed by atoms with Crippen LogP contribution in [0.25, 0.3) is 0 Å². The molecule has 0 bridgehead atoms. The third-order valence-electron chi connectivity index (χ3n) is 4.89. The minimum atomic E-state index is -1.30. The smallest absolute Gasteiger partial charge is 0.151 e. The van der Waals surface area contributed by atoms with E-state index in [0.717, 1.165) is 32.1 Å². The van der Waals surface area contributed by atoms with Crippen LogP contribution in [-0.2, 0) is 6.42 Å². The predicted octanol–water partition coefficient (Wildman–Crippen LogP) is 1.85. The Morgan fingerprint density at radius 2 is 1.73 bits per heavy atom. The van der Waals surface area contributed by atoms with Crippen molar-refractivity contribution in [2.75, 3.05) is 0 Å². The van der Waals surface area contributed by atoms with Crippen molar-refractivity contribution < 1.29 is 20.4 Å². The van der Waals surface area contributed by atoms with Gasteiger partial charge in [0.2, 0.25) is 0 Å². The Labute approximate surface area is 132 Å². The lowest BCUT2D eigenvalue weighted by Crippen LogP contribution is -2.24. The van der Waals surface area contributed by atoms with Gasteiger partial charge in [-0.3, -0.25) is 0 Å². The van der Waals surface area contributed by atoms with Gasteiger partial charge in [0.1, 0.15) is 0 Å². The highest BCUT2D eigenvalue weighted by atomic mass is 16.5. The summed E-state index contributed by atoms with van der Waals surface area (Å²) in [6, 6.07) is 10.1. The van der Waals surface area contributed by atoms with Gasteiger partial charge in [-0.15, -0.1) is 0 Å². The fourth-order valence-electron chi connectivity index (χ4n) is 3.63. The van der Waals surface area contributed by atoms with Crippen LogP contribution in [-0.4, -0.2) is 38.9 Å². The van der Waals surface area contributed by atoms with Crippen molar-refractivity contribution in [3.05, 3.63) is 35.9 Å². The molecule has 0 unspecified atom stereocenters. The number of aliphatic hydroxyl groups excluding tert-OH is 3. The lowest BCUT2D eigenvalue weighted by Gasteiger charge is -2.24. The van der Waals surface area contributed by atoms with Crippen LogP contribution in [0.3, 0.4) is 0 Å². The van der Waals surface area contributed by atoms with Crippen LogP contribution in [0.4, 0.5) is 0 Å². The molecule has 0 heterocycles. The molecule has 1 aromatic carbocycles.